The number of carbonyl (C=O) groups is 2. The lowest BCUT2D eigenvalue weighted by Crippen LogP contribution is -2.40. The van der Waals surface area contributed by atoms with Crippen molar-refractivity contribution in [1.82, 2.24) is 19.4 Å². The predicted octanol–water partition coefficient (Wildman–Crippen LogP) is 0.594. The van der Waals surface area contributed by atoms with Crippen molar-refractivity contribution in [3.63, 3.8) is 0 Å². The van der Waals surface area contributed by atoms with Crippen LogP contribution in [0.15, 0.2) is 23.1 Å². The van der Waals surface area contributed by atoms with Crippen LogP contribution < -0.4 is 4.72 Å². The summed E-state index contributed by atoms with van der Waals surface area (Å²) < 4.78 is 27.6. The van der Waals surface area contributed by atoms with Crippen molar-refractivity contribution in [3.05, 3.63) is 29.3 Å². The minimum absolute atomic E-state index is 0.0469. The third kappa shape index (κ3) is 6.80. The van der Waals surface area contributed by atoms with Gasteiger partial charge in [0.1, 0.15) is 0 Å². The fourth-order valence-electron chi connectivity index (χ4n) is 3.24. The molecule has 1 N–H and O–H groups in total. The third-order valence-corrected chi connectivity index (χ3v) is 6.67. The van der Waals surface area contributed by atoms with Gasteiger partial charge in [0.25, 0.3) is 0 Å². The molecule has 1 aliphatic heterocycles. The summed E-state index contributed by atoms with van der Waals surface area (Å²) >= 11 is 0. The Bertz CT molecular complexity index is 839. The van der Waals surface area contributed by atoms with Gasteiger partial charge in [-0.2, -0.15) is 0 Å². The second-order valence-electron chi connectivity index (χ2n) is 7.72. The number of likely N-dealkylation sites (N-methyl/N-ethyl adjacent to an activating group) is 1. The zero-order valence-electron chi connectivity index (χ0n) is 17.8. The number of hydrogen-bond acceptors (Lipinski definition) is 5. The Balaban J connectivity index is 1.84. The Morgan fingerprint density at radius 3 is 2.52 bits per heavy atom. The number of hydrogen-bond donors (Lipinski definition) is 1. The van der Waals surface area contributed by atoms with Crippen molar-refractivity contribution >= 4 is 21.8 Å². The molecule has 1 aliphatic rings. The first-order valence-corrected chi connectivity index (χ1v) is 11.4. The molecule has 29 heavy (non-hydrogen) atoms. The Kier molecular flexibility index (Phi) is 8.18. The van der Waals surface area contributed by atoms with E-state index in [0.717, 1.165) is 18.5 Å². The molecule has 0 spiro atoms. The molecular formula is C20H32N4O4S. The second kappa shape index (κ2) is 10.2. The maximum Gasteiger partial charge on any atom is 0.240 e. The third-order valence-electron chi connectivity index (χ3n) is 5.06. The van der Waals surface area contributed by atoms with Crippen LogP contribution in [0, 0.1) is 13.8 Å². The van der Waals surface area contributed by atoms with Gasteiger partial charge in [-0.05, 0) is 37.5 Å². The first-order valence-electron chi connectivity index (χ1n) is 9.87. The zero-order chi connectivity index (χ0) is 21.6. The summed E-state index contributed by atoms with van der Waals surface area (Å²) in [5.74, 6) is -0.0277. The van der Waals surface area contributed by atoms with E-state index < -0.39 is 10.0 Å². The average molecular weight is 425 g/mol. The summed E-state index contributed by atoms with van der Waals surface area (Å²) in [6, 6.07) is 5.28. The van der Waals surface area contributed by atoms with Crippen LogP contribution in [-0.2, 0) is 19.6 Å². The van der Waals surface area contributed by atoms with Crippen molar-refractivity contribution in [1.29, 1.82) is 0 Å². The van der Waals surface area contributed by atoms with Crippen LogP contribution in [0.2, 0.25) is 0 Å². The molecule has 2 rings (SSSR count). The van der Waals surface area contributed by atoms with Crippen molar-refractivity contribution in [2.75, 3.05) is 53.4 Å². The number of sulfonamides is 1. The van der Waals surface area contributed by atoms with Gasteiger partial charge < -0.3 is 9.80 Å². The maximum absolute atomic E-state index is 12.5. The van der Waals surface area contributed by atoms with Crippen molar-refractivity contribution < 1.29 is 18.0 Å². The van der Waals surface area contributed by atoms with Gasteiger partial charge in [-0.25, -0.2) is 13.1 Å². The number of benzene rings is 1. The topological polar surface area (TPSA) is 90.0 Å². The van der Waals surface area contributed by atoms with E-state index in [2.05, 4.69) is 9.62 Å². The molecule has 1 saturated heterocycles. The van der Waals surface area contributed by atoms with Crippen LogP contribution in [-0.4, -0.2) is 88.3 Å². The Labute approximate surface area is 173 Å². The van der Waals surface area contributed by atoms with Gasteiger partial charge >= 0.3 is 0 Å². The Hall–Kier alpha value is -1.97. The van der Waals surface area contributed by atoms with Crippen molar-refractivity contribution in [3.8, 4) is 0 Å². The van der Waals surface area contributed by atoms with Crippen LogP contribution in [0.5, 0.6) is 0 Å². The van der Waals surface area contributed by atoms with Gasteiger partial charge in [0.2, 0.25) is 21.8 Å². The summed E-state index contributed by atoms with van der Waals surface area (Å²) in [6.07, 6.45) is 0.904. The molecule has 1 heterocycles. The molecule has 1 aromatic carbocycles. The van der Waals surface area contributed by atoms with Crippen LogP contribution in [0.1, 0.15) is 24.0 Å². The molecule has 0 bridgehead atoms. The van der Waals surface area contributed by atoms with E-state index in [-0.39, 0.29) is 29.7 Å². The highest BCUT2D eigenvalue weighted by Gasteiger charge is 2.22. The molecule has 162 valence electrons. The Morgan fingerprint density at radius 2 is 1.83 bits per heavy atom. The highest BCUT2D eigenvalue weighted by molar-refractivity contribution is 7.89. The largest absolute Gasteiger partial charge is 0.348 e. The number of aryl methyl sites for hydroxylation is 2. The lowest BCUT2D eigenvalue weighted by Gasteiger charge is -2.23. The molecule has 1 aromatic rings. The number of rotatable bonds is 7. The normalized spacial score (nSPS) is 15.8. The van der Waals surface area contributed by atoms with Crippen LogP contribution in [0.25, 0.3) is 0 Å². The summed E-state index contributed by atoms with van der Waals surface area (Å²) in [7, 11) is -0.186. The van der Waals surface area contributed by atoms with E-state index in [4.69, 9.17) is 0 Å². The fraction of sp³-hybridized carbons (Fsp3) is 0.600. The quantitative estimate of drug-likeness (QED) is 0.692. The first-order chi connectivity index (χ1) is 13.6. The summed E-state index contributed by atoms with van der Waals surface area (Å²) in [5, 5.41) is 0. The summed E-state index contributed by atoms with van der Waals surface area (Å²) in [4.78, 5) is 30.0. The smallest absolute Gasteiger partial charge is 0.240 e. The van der Waals surface area contributed by atoms with Gasteiger partial charge in [0.15, 0.2) is 0 Å². The highest BCUT2D eigenvalue weighted by Crippen LogP contribution is 2.16. The summed E-state index contributed by atoms with van der Waals surface area (Å²) in [6.45, 7) is 6.58. The molecule has 8 nitrogen and oxygen atoms in total. The van der Waals surface area contributed by atoms with Crippen LogP contribution in [0.4, 0.5) is 0 Å². The minimum atomic E-state index is -3.65. The molecule has 9 heteroatoms. The zero-order valence-corrected chi connectivity index (χ0v) is 18.6. The molecule has 2 amide bonds. The van der Waals surface area contributed by atoms with E-state index in [0.29, 0.717) is 31.7 Å². The standard InChI is InChI=1S/C20H32N4O4S/c1-16-6-7-17(2)18(14-16)29(27,28)21-9-8-19(25)24-11-5-10-23(12-13-24)15-20(26)22(3)4/h6-7,14,21H,5,8-13,15H2,1-4H3. The number of nitrogens with one attached hydrogen (secondary N) is 1. The second-order valence-corrected chi connectivity index (χ2v) is 9.45. The monoisotopic (exact) mass is 424 g/mol. The fourth-order valence-corrected chi connectivity index (χ4v) is 4.60. The lowest BCUT2D eigenvalue weighted by molar-refractivity contribution is -0.130. The van der Waals surface area contributed by atoms with E-state index in [1.807, 2.05) is 13.0 Å². The van der Waals surface area contributed by atoms with Gasteiger partial charge in [0, 0.05) is 53.2 Å². The molecular weight excluding hydrogens is 392 g/mol. The highest BCUT2D eigenvalue weighted by atomic mass is 32.2. The van der Waals surface area contributed by atoms with Gasteiger partial charge in [-0.3, -0.25) is 14.5 Å². The lowest BCUT2D eigenvalue weighted by atomic mass is 10.2. The van der Waals surface area contributed by atoms with Crippen LogP contribution in [0.3, 0.4) is 0 Å². The van der Waals surface area contributed by atoms with E-state index in [9.17, 15) is 18.0 Å². The van der Waals surface area contributed by atoms with Crippen LogP contribution >= 0.6 is 0 Å². The molecule has 0 aliphatic carbocycles. The van der Waals surface area contributed by atoms with E-state index >= 15 is 0 Å². The first kappa shape index (κ1) is 23.3. The molecule has 0 atom stereocenters. The van der Waals surface area contributed by atoms with Crippen molar-refractivity contribution in [2.45, 2.75) is 31.6 Å². The molecule has 0 saturated carbocycles. The van der Waals surface area contributed by atoms with Gasteiger partial charge in [-0.1, -0.05) is 12.1 Å². The number of amides is 2. The van der Waals surface area contributed by atoms with Gasteiger partial charge in [0.05, 0.1) is 11.4 Å². The van der Waals surface area contributed by atoms with Gasteiger partial charge in [-0.15, -0.1) is 0 Å². The summed E-state index contributed by atoms with van der Waals surface area (Å²) in [5.41, 5.74) is 1.54. The predicted molar refractivity (Wildman–Crippen MR) is 112 cm³/mol. The SMILES string of the molecule is Cc1ccc(C)c(S(=O)(=O)NCCC(=O)N2CCCN(CC(=O)N(C)C)CC2)c1. The number of carbonyl (C=O) groups excluding carboxylic acids is 2. The van der Waals surface area contributed by atoms with E-state index in [1.54, 1.807) is 43.0 Å². The molecule has 1 fully saturated rings. The minimum Gasteiger partial charge on any atom is -0.348 e. The van der Waals surface area contributed by atoms with Crippen molar-refractivity contribution in [2.24, 2.45) is 0 Å². The average Bonchev–Trinajstić information content (AvgIpc) is 2.89. The molecule has 0 unspecified atom stereocenters. The Morgan fingerprint density at radius 1 is 1.10 bits per heavy atom. The maximum atomic E-state index is 12.5. The molecule has 0 radical (unpaired) electrons. The number of nitrogens with zero attached hydrogens (tertiary/aromatic N) is 3. The molecule has 0 aromatic heterocycles. The van der Waals surface area contributed by atoms with E-state index in [1.165, 1.54) is 0 Å².